The number of benzene rings is 2. The zero-order valence-corrected chi connectivity index (χ0v) is 15.8. The van der Waals surface area contributed by atoms with Crippen molar-refractivity contribution in [1.29, 1.82) is 0 Å². The van der Waals surface area contributed by atoms with Crippen LogP contribution in [-0.2, 0) is 19.2 Å². The highest BCUT2D eigenvalue weighted by molar-refractivity contribution is 5.99. The van der Waals surface area contributed by atoms with Crippen molar-refractivity contribution in [1.82, 2.24) is 0 Å². The molecule has 0 aliphatic heterocycles. The van der Waals surface area contributed by atoms with Gasteiger partial charge in [-0.25, -0.2) is 9.59 Å². The average molecular weight is 444 g/mol. The predicted octanol–water partition coefficient (Wildman–Crippen LogP) is 0.853. The largest absolute Gasteiger partial charge is 0.478 e. The van der Waals surface area contributed by atoms with E-state index < -0.39 is 11.9 Å². The van der Waals surface area contributed by atoms with Crippen molar-refractivity contribution >= 4 is 49.4 Å². The molecule has 0 atom stereocenters. The highest BCUT2D eigenvalue weighted by Gasteiger charge is 2.10. The second-order valence-electron chi connectivity index (χ2n) is 4.94. The maximum Gasteiger partial charge on any atom is 0.373 e. The van der Waals surface area contributed by atoms with Gasteiger partial charge in [0.05, 0.1) is 11.1 Å². The molecule has 0 unspecified atom stereocenters. The quantitative estimate of drug-likeness (QED) is 0.594. The van der Waals surface area contributed by atoms with E-state index in [1.54, 1.807) is 0 Å². The molecule has 164 valence electrons. The van der Waals surface area contributed by atoms with Gasteiger partial charge in [-0.05, 0) is 18.2 Å². The lowest BCUT2D eigenvalue weighted by atomic mass is 10.1. The summed E-state index contributed by atoms with van der Waals surface area (Å²) in [5, 5.41) is 17.3. The van der Waals surface area contributed by atoms with Gasteiger partial charge in [-0.3, -0.25) is 19.2 Å². The van der Waals surface area contributed by atoms with Gasteiger partial charge in [-0.2, -0.15) is 19.2 Å². The molecule has 0 heterocycles. The minimum atomic E-state index is -1.22. The Morgan fingerprint density at radius 3 is 1.38 bits per heavy atom. The Balaban J connectivity index is 0. The zero-order valence-electron chi connectivity index (χ0n) is 15.8. The van der Waals surface area contributed by atoms with Crippen LogP contribution in [0.2, 0.25) is 0 Å². The maximum atomic E-state index is 10.6. The van der Waals surface area contributed by atoms with Gasteiger partial charge in [0, 0.05) is 22.3 Å². The van der Waals surface area contributed by atoms with Gasteiger partial charge in [0.25, 0.3) is 0 Å². The monoisotopic (exact) mass is 444 g/mol. The van der Waals surface area contributed by atoms with Gasteiger partial charge in [0.15, 0.2) is 12.6 Å². The molecule has 2 aromatic rings. The fourth-order valence-corrected chi connectivity index (χ4v) is 1.88. The van der Waals surface area contributed by atoms with Crippen molar-refractivity contribution in [3.8, 4) is 0 Å². The molecule has 0 amide bonds. The Labute approximate surface area is 178 Å². The van der Waals surface area contributed by atoms with Crippen LogP contribution in [0.15, 0.2) is 36.4 Å². The summed E-state index contributed by atoms with van der Waals surface area (Å²) < 4.78 is 0. The number of aromatic carboxylic acids is 2. The van der Waals surface area contributed by atoms with Gasteiger partial charge in [0.1, 0.15) is 12.6 Å². The lowest BCUT2D eigenvalue weighted by Gasteiger charge is -1.98. The van der Waals surface area contributed by atoms with Crippen LogP contribution >= 0.6 is 0 Å². The minimum absolute atomic E-state index is 0.0112. The van der Waals surface area contributed by atoms with Gasteiger partial charge in [-0.15, -0.1) is 0 Å². The number of hydrogen-bond acceptors (Lipinski definition) is 10. The molecule has 0 aliphatic carbocycles. The first-order valence-corrected chi connectivity index (χ1v) is 7.75. The van der Waals surface area contributed by atoms with Crippen molar-refractivity contribution in [2.75, 3.05) is 0 Å². The van der Waals surface area contributed by atoms with E-state index in [1.807, 2.05) is 0 Å². The fraction of sp³-hybridized carbons (Fsp3) is 0. The minimum Gasteiger partial charge on any atom is -0.478 e. The highest BCUT2D eigenvalue weighted by Crippen LogP contribution is 2.09. The van der Waals surface area contributed by atoms with Gasteiger partial charge in [-0.1, -0.05) is 18.2 Å². The molecule has 0 aromatic heterocycles. The third kappa shape index (κ3) is 10.4. The van der Waals surface area contributed by atoms with Crippen LogP contribution in [0.25, 0.3) is 0 Å². The zero-order chi connectivity index (χ0) is 25.1. The van der Waals surface area contributed by atoms with Crippen molar-refractivity contribution in [2.24, 2.45) is 0 Å². The van der Waals surface area contributed by atoms with E-state index in [9.17, 15) is 28.8 Å². The molecule has 32 heavy (non-hydrogen) atoms. The number of carboxylic acids is 2. The molecule has 0 spiro atoms. The van der Waals surface area contributed by atoms with Crippen molar-refractivity contribution in [3.05, 3.63) is 69.8 Å². The molecule has 2 aromatic carbocycles. The number of hydrogen-bond donors (Lipinski definition) is 2. The third-order valence-corrected chi connectivity index (χ3v) is 3.14. The summed E-state index contributed by atoms with van der Waals surface area (Å²) in [5.41, 5.74) is 0.352. The molecule has 0 radical (unpaired) electrons. The fourth-order valence-electron chi connectivity index (χ4n) is 1.88. The second-order valence-corrected chi connectivity index (χ2v) is 4.94. The molecule has 0 bridgehead atoms. The summed E-state index contributed by atoms with van der Waals surface area (Å²) in [6, 6.07) is 7.69. The highest BCUT2D eigenvalue weighted by atomic mass is 16.4. The first-order valence-electron chi connectivity index (χ1n) is 7.75. The molecule has 0 aliphatic rings. The molecule has 0 saturated carbocycles. The van der Waals surface area contributed by atoms with Gasteiger partial charge in [0.2, 0.25) is 0 Å². The topological polar surface area (TPSA) is 211 Å². The first kappa shape index (κ1) is 29.0. The van der Waals surface area contributed by atoms with Crippen molar-refractivity contribution in [3.63, 3.8) is 0 Å². The van der Waals surface area contributed by atoms with Crippen LogP contribution in [0.1, 0.15) is 62.1 Å². The summed E-state index contributed by atoms with van der Waals surface area (Å²) in [4.78, 5) is 95.0. The number of carbonyl (C=O) groups excluding carboxylic acids is 8. The van der Waals surface area contributed by atoms with E-state index in [4.69, 9.17) is 29.4 Å². The number of carbonyl (C=O) groups is 6. The smallest absolute Gasteiger partial charge is 0.373 e. The lowest BCUT2D eigenvalue weighted by Crippen LogP contribution is -2.02. The number of carboxylic acid groups (broad SMARTS) is 2. The third-order valence-electron chi connectivity index (χ3n) is 3.14. The Bertz CT molecular complexity index is 1040. The van der Waals surface area contributed by atoms with Crippen LogP contribution in [-0.4, -0.2) is 59.6 Å². The maximum absolute atomic E-state index is 10.6. The normalized spacial score (nSPS) is 8.00. The Kier molecular flexibility index (Phi) is 15.2. The second kappa shape index (κ2) is 16.7. The van der Waals surface area contributed by atoms with Crippen LogP contribution in [0.3, 0.4) is 0 Å². The molecule has 12 nitrogen and oxygen atoms in total. The van der Waals surface area contributed by atoms with Gasteiger partial charge < -0.3 is 10.2 Å². The molecule has 2 rings (SSSR count). The van der Waals surface area contributed by atoms with E-state index >= 15 is 0 Å². The van der Waals surface area contributed by atoms with Crippen molar-refractivity contribution in [2.45, 2.75) is 0 Å². The van der Waals surface area contributed by atoms with E-state index in [2.05, 4.69) is 0 Å². The Hall–Kier alpha value is -5.18. The molecular weight excluding hydrogens is 432 g/mol. The van der Waals surface area contributed by atoms with E-state index in [-0.39, 0.29) is 45.7 Å². The van der Waals surface area contributed by atoms with Crippen LogP contribution in [0.5, 0.6) is 0 Å². The molecule has 2 N–H and O–H groups in total. The number of rotatable bonds is 6. The first-order chi connectivity index (χ1) is 15.2. The Morgan fingerprint density at radius 2 is 1.00 bits per heavy atom. The SMILES string of the molecule is O=C=O.O=C=O.O=Cc1ccc(C(=O)O)c(C=O)c1.O=Cc1ccc(C=O)c(C(=O)O)c1. The van der Waals surface area contributed by atoms with Gasteiger partial charge >= 0.3 is 24.2 Å². The molecule has 12 heteroatoms. The average Bonchev–Trinajstić information content (AvgIpc) is 2.79. The molecule has 0 saturated heterocycles. The summed E-state index contributed by atoms with van der Waals surface area (Å²) >= 11 is 0. The summed E-state index contributed by atoms with van der Waals surface area (Å²) in [5.74, 6) is -2.40. The summed E-state index contributed by atoms with van der Waals surface area (Å²) in [6.45, 7) is 0. The van der Waals surface area contributed by atoms with Crippen molar-refractivity contribution < 1.29 is 58.2 Å². The summed E-state index contributed by atoms with van der Waals surface area (Å²) in [6.07, 6.45) is 2.44. The summed E-state index contributed by atoms with van der Waals surface area (Å²) in [7, 11) is 0. The molecular formula is C20H12O12. The van der Waals surface area contributed by atoms with E-state index in [1.165, 1.54) is 36.4 Å². The van der Waals surface area contributed by atoms with Crippen LogP contribution in [0.4, 0.5) is 0 Å². The van der Waals surface area contributed by atoms with E-state index in [0.29, 0.717) is 25.1 Å². The van der Waals surface area contributed by atoms with Crippen LogP contribution in [0, 0.1) is 0 Å². The number of aldehydes is 4. The predicted molar refractivity (Wildman–Crippen MR) is 98.4 cm³/mol. The standard InChI is InChI=1S/2C9H6O4.2CO2/c10-4-6-1-2-8(9(12)13)7(3-6)5-11;10-4-6-1-2-7(5-11)8(3-6)9(12)13;2*2-1-3/h2*1-5H,(H,12,13);;. The van der Waals surface area contributed by atoms with E-state index in [0.717, 1.165) is 0 Å². The van der Waals surface area contributed by atoms with Crippen LogP contribution < -0.4 is 0 Å². The molecule has 0 fully saturated rings. The lowest BCUT2D eigenvalue weighted by molar-refractivity contribution is -0.193. The Morgan fingerprint density at radius 1 is 0.594 bits per heavy atom.